The minimum absolute atomic E-state index is 1.06. The number of hydrogen-bond acceptors (Lipinski definition) is 0. The summed E-state index contributed by atoms with van der Waals surface area (Å²) in [6, 6.07) is 0. The zero-order valence-corrected chi connectivity index (χ0v) is 8.74. The first-order valence-electron chi connectivity index (χ1n) is 5.58. The Balaban J connectivity index is 2.11. The van der Waals surface area contributed by atoms with Gasteiger partial charge < -0.3 is 0 Å². The first-order chi connectivity index (χ1) is 7.45. The van der Waals surface area contributed by atoms with E-state index in [1.54, 1.807) is 0 Å². The molecular weight excluding hydrogens is 180 g/mol. The Kier molecular flexibility index (Phi) is 2.06. The van der Waals surface area contributed by atoms with E-state index >= 15 is 0 Å². The van der Waals surface area contributed by atoms with E-state index in [0.29, 0.717) is 0 Å². The second-order valence-corrected chi connectivity index (χ2v) is 4.13. The molecule has 15 heavy (non-hydrogen) atoms. The topological polar surface area (TPSA) is 0 Å². The average Bonchev–Trinajstić information content (AvgIpc) is 2.51. The second-order valence-electron chi connectivity index (χ2n) is 4.13. The van der Waals surface area contributed by atoms with E-state index in [0.717, 1.165) is 19.3 Å². The molecule has 3 aliphatic rings. The van der Waals surface area contributed by atoms with Crippen molar-refractivity contribution >= 4 is 0 Å². The molecule has 0 atom stereocenters. The predicted octanol–water partition coefficient (Wildman–Crippen LogP) is 4.02. The quantitative estimate of drug-likeness (QED) is 0.546. The number of allylic oxidation sites excluding steroid dienone is 12. The van der Waals surface area contributed by atoms with Crippen LogP contribution >= 0.6 is 0 Å². The van der Waals surface area contributed by atoms with Gasteiger partial charge >= 0.3 is 0 Å². The minimum atomic E-state index is 1.06. The third kappa shape index (κ3) is 1.46. The smallest absolute Gasteiger partial charge is 0.00137 e. The number of rotatable bonds is 0. The Morgan fingerprint density at radius 1 is 0.933 bits per heavy atom. The Bertz CT molecular complexity index is 462. The molecule has 0 aromatic heterocycles. The molecule has 3 aliphatic carbocycles. The Hall–Kier alpha value is -1.56. The molecule has 0 radical (unpaired) electrons. The standard InChI is InChI=1S/C15H14/c1-3-7-12-11-13-8-4-2-6-10-15(13)14(12)9-5-1/h1,3-4,6-10H,2,5,11H2. The van der Waals surface area contributed by atoms with Gasteiger partial charge in [0, 0.05) is 0 Å². The minimum Gasteiger partial charge on any atom is -0.0807 e. The van der Waals surface area contributed by atoms with Gasteiger partial charge in [0.05, 0.1) is 0 Å². The Labute approximate surface area is 90.7 Å². The predicted molar refractivity (Wildman–Crippen MR) is 64.5 cm³/mol. The molecule has 3 rings (SSSR count). The van der Waals surface area contributed by atoms with Crippen molar-refractivity contribution < 1.29 is 0 Å². The summed E-state index contributed by atoms with van der Waals surface area (Å²) in [6.07, 6.45) is 21.3. The maximum atomic E-state index is 2.35. The van der Waals surface area contributed by atoms with Gasteiger partial charge in [-0.15, -0.1) is 0 Å². The first-order valence-corrected chi connectivity index (χ1v) is 5.58. The molecule has 0 spiro atoms. The van der Waals surface area contributed by atoms with Gasteiger partial charge in [-0.25, -0.2) is 0 Å². The van der Waals surface area contributed by atoms with Gasteiger partial charge in [0.15, 0.2) is 0 Å². The maximum Gasteiger partial charge on any atom is -0.00137 e. The van der Waals surface area contributed by atoms with Gasteiger partial charge in [-0.05, 0) is 41.6 Å². The summed E-state index contributed by atoms with van der Waals surface area (Å²) < 4.78 is 0. The van der Waals surface area contributed by atoms with Crippen LogP contribution in [-0.4, -0.2) is 0 Å². The fourth-order valence-electron chi connectivity index (χ4n) is 2.40. The van der Waals surface area contributed by atoms with Crippen LogP contribution in [0.15, 0.2) is 70.9 Å². The molecule has 0 fully saturated rings. The van der Waals surface area contributed by atoms with Crippen molar-refractivity contribution in [2.45, 2.75) is 19.3 Å². The fraction of sp³-hybridized carbons (Fsp3) is 0.200. The lowest BCUT2D eigenvalue weighted by Gasteiger charge is -2.01. The van der Waals surface area contributed by atoms with Crippen molar-refractivity contribution in [2.24, 2.45) is 0 Å². The molecule has 0 heterocycles. The van der Waals surface area contributed by atoms with E-state index in [1.807, 2.05) is 0 Å². The Morgan fingerprint density at radius 2 is 1.87 bits per heavy atom. The van der Waals surface area contributed by atoms with E-state index < -0.39 is 0 Å². The van der Waals surface area contributed by atoms with Crippen LogP contribution in [0.5, 0.6) is 0 Å². The average molecular weight is 194 g/mol. The van der Waals surface area contributed by atoms with E-state index in [9.17, 15) is 0 Å². The monoisotopic (exact) mass is 194 g/mol. The van der Waals surface area contributed by atoms with Gasteiger partial charge in [-0.2, -0.15) is 0 Å². The number of fused-ring (bicyclic) bond motifs is 2. The van der Waals surface area contributed by atoms with Crippen LogP contribution in [-0.2, 0) is 0 Å². The summed E-state index contributed by atoms with van der Waals surface area (Å²) in [7, 11) is 0. The second kappa shape index (κ2) is 3.54. The molecule has 0 nitrogen and oxygen atoms in total. The normalized spacial score (nSPS) is 22.9. The molecule has 0 heteroatoms. The largest absolute Gasteiger partial charge is 0.0807 e. The summed E-state index contributed by atoms with van der Waals surface area (Å²) in [4.78, 5) is 0. The maximum absolute atomic E-state index is 2.35. The Morgan fingerprint density at radius 3 is 2.87 bits per heavy atom. The number of hydrogen-bond donors (Lipinski definition) is 0. The highest BCUT2D eigenvalue weighted by molar-refractivity contribution is 5.65. The molecular formula is C15H14. The summed E-state index contributed by atoms with van der Waals surface area (Å²) >= 11 is 0. The third-order valence-electron chi connectivity index (χ3n) is 3.13. The van der Waals surface area contributed by atoms with Crippen molar-refractivity contribution in [3.05, 3.63) is 70.9 Å². The highest BCUT2D eigenvalue weighted by Gasteiger charge is 2.21. The van der Waals surface area contributed by atoms with Crippen molar-refractivity contribution in [1.29, 1.82) is 0 Å². The molecule has 74 valence electrons. The summed E-state index contributed by atoms with van der Waals surface area (Å²) in [5, 5.41) is 0. The lowest BCUT2D eigenvalue weighted by molar-refractivity contribution is 1.24. The zero-order valence-electron chi connectivity index (χ0n) is 8.74. The van der Waals surface area contributed by atoms with E-state index in [-0.39, 0.29) is 0 Å². The lowest BCUT2D eigenvalue weighted by atomic mass is 10.0. The van der Waals surface area contributed by atoms with E-state index in [4.69, 9.17) is 0 Å². The van der Waals surface area contributed by atoms with Crippen molar-refractivity contribution in [2.75, 3.05) is 0 Å². The van der Waals surface area contributed by atoms with Crippen LogP contribution < -0.4 is 0 Å². The summed E-state index contributed by atoms with van der Waals surface area (Å²) in [5.41, 5.74) is 5.86. The molecule has 0 aromatic carbocycles. The van der Waals surface area contributed by atoms with Crippen molar-refractivity contribution in [3.63, 3.8) is 0 Å². The van der Waals surface area contributed by atoms with Gasteiger partial charge in [0.1, 0.15) is 0 Å². The van der Waals surface area contributed by atoms with Crippen LogP contribution in [0.1, 0.15) is 19.3 Å². The van der Waals surface area contributed by atoms with Crippen LogP contribution in [0.3, 0.4) is 0 Å². The molecule has 0 aliphatic heterocycles. The van der Waals surface area contributed by atoms with Gasteiger partial charge in [-0.3, -0.25) is 0 Å². The van der Waals surface area contributed by atoms with Crippen LogP contribution in [0.4, 0.5) is 0 Å². The summed E-state index contributed by atoms with van der Waals surface area (Å²) in [6.45, 7) is 0. The molecule has 0 bridgehead atoms. The molecule has 0 N–H and O–H groups in total. The zero-order chi connectivity index (χ0) is 10.1. The highest BCUT2D eigenvalue weighted by atomic mass is 14.2. The first kappa shape index (κ1) is 8.72. The van der Waals surface area contributed by atoms with Gasteiger partial charge in [0.25, 0.3) is 0 Å². The van der Waals surface area contributed by atoms with Crippen LogP contribution in [0, 0.1) is 0 Å². The fourth-order valence-corrected chi connectivity index (χ4v) is 2.40. The molecule has 0 unspecified atom stereocenters. The van der Waals surface area contributed by atoms with Crippen molar-refractivity contribution in [1.82, 2.24) is 0 Å². The van der Waals surface area contributed by atoms with Crippen molar-refractivity contribution in [3.8, 4) is 0 Å². The van der Waals surface area contributed by atoms with Crippen LogP contribution in [0.2, 0.25) is 0 Å². The molecule has 0 saturated heterocycles. The lowest BCUT2D eigenvalue weighted by Crippen LogP contribution is -1.82. The van der Waals surface area contributed by atoms with Gasteiger partial charge in [-0.1, -0.05) is 48.6 Å². The van der Waals surface area contributed by atoms with Gasteiger partial charge in [0.2, 0.25) is 0 Å². The van der Waals surface area contributed by atoms with E-state index in [1.165, 1.54) is 22.3 Å². The van der Waals surface area contributed by atoms with Crippen LogP contribution in [0.25, 0.3) is 0 Å². The summed E-state index contributed by atoms with van der Waals surface area (Å²) in [5.74, 6) is 0. The molecule has 0 amide bonds. The SMILES string of the molecule is C1=CCC=C2C(=C1)CC1=C2C=CCC=C1. The van der Waals surface area contributed by atoms with E-state index in [2.05, 4.69) is 48.6 Å². The molecule has 0 saturated carbocycles. The molecule has 0 aromatic rings. The highest BCUT2D eigenvalue weighted by Crippen LogP contribution is 2.39. The third-order valence-corrected chi connectivity index (χ3v) is 3.13.